The fraction of sp³-hybridized carbons (Fsp3) is 0.462. The third-order valence-corrected chi connectivity index (χ3v) is 7.77. The smallest absolute Gasteiger partial charge is 0.322 e. The van der Waals surface area contributed by atoms with Gasteiger partial charge in [0.15, 0.2) is 15.6 Å². The Morgan fingerprint density at radius 1 is 1.26 bits per heavy atom. The first-order valence-electron chi connectivity index (χ1n) is 6.71. The highest BCUT2D eigenvalue weighted by Crippen LogP contribution is 2.26. The summed E-state index contributed by atoms with van der Waals surface area (Å²) in [7, 11) is -6.45. The van der Waals surface area contributed by atoms with Crippen LogP contribution >= 0.6 is 11.6 Å². The second-order valence-electron chi connectivity index (χ2n) is 5.10. The molecule has 0 aliphatic carbocycles. The van der Waals surface area contributed by atoms with Crippen LogP contribution in [0.1, 0.15) is 6.42 Å². The summed E-state index contributed by atoms with van der Waals surface area (Å²) < 4.78 is 54.6. The van der Waals surface area contributed by atoms with Crippen LogP contribution < -0.4 is 0 Å². The summed E-state index contributed by atoms with van der Waals surface area (Å²) in [4.78, 5) is 11.3. The maximum absolute atomic E-state index is 12.5. The van der Waals surface area contributed by atoms with E-state index in [0.29, 0.717) is 5.02 Å². The van der Waals surface area contributed by atoms with Crippen molar-refractivity contribution >= 4 is 37.4 Å². The van der Waals surface area contributed by atoms with Gasteiger partial charge in [-0.15, -0.1) is 0 Å². The summed E-state index contributed by atoms with van der Waals surface area (Å²) in [6.07, 6.45) is 0.172. The number of carbonyl (C=O) groups excluding carboxylic acids is 1. The van der Waals surface area contributed by atoms with Gasteiger partial charge in [-0.1, -0.05) is 11.6 Å². The number of hydrogen-bond acceptors (Lipinski definition) is 6. The first-order chi connectivity index (χ1) is 10.7. The molecule has 1 unspecified atom stereocenters. The van der Waals surface area contributed by atoms with Crippen molar-refractivity contribution < 1.29 is 26.4 Å². The second-order valence-corrected chi connectivity index (χ2v) is 9.73. The number of sulfonamides is 1. The lowest BCUT2D eigenvalue weighted by molar-refractivity contribution is -0.137. The Hall–Kier alpha value is -1.16. The number of rotatable bonds is 5. The van der Waals surface area contributed by atoms with Crippen LogP contribution in [0.4, 0.5) is 0 Å². The van der Waals surface area contributed by atoms with Crippen LogP contribution in [0.25, 0.3) is 0 Å². The van der Waals surface area contributed by atoms with Crippen molar-refractivity contribution in [2.75, 3.05) is 26.0 Å². The quantitative estimate of drug-likeness (QED) is 0.696. The topological polar surface area (TPSA) is 97.8 Å². The molecule has 0 radical (unpaired) electrons. The Kier molecular flexibility index (Phi) is 5.34. The number of ether oxygens (including phenoxy) is 1. The lowest BCUT2D eigenvalue weighted by atomic mass is 10.4. The predicted octanol–water partition coefficient (Wildman–Crippen LogP) is 0.691. The van der Waals surface area contributed by atoms with Gasteiger partial charge in [0.05, 0.1) is 17.3 Å². The molecular weight excluding hydrogens is 366 g/mol. The molecule has 1 aliphatic heterocycles. The Balaban J connectivity index is 2.16. The van der Waals surface area contributed by atoms with E-state index in [-0.39, 0.29) is 24.4 Å². The van der Waals surface area contributed by atoms with Crippen molar-refractivity contribution in [2.24, 2.45) is 0 Å². The molecule has 1 fully saturated rings. The van der Waals surface area contributed by atoms with Gasteiger partial charge in [0.2, 0.25) is 10.0 Å². The fourth-order valence-corrected chi connectivity index (χ4v) is 5.62. The van der Waals surface area contributed by atoms with Crippen molar-refractivity contribution in [3.8, 4) is 0 Å². The highest BCUT2D eigenvalue weighted by Gasteiger charge is 2.39. The molecule has 0 bridgehead atoms. The fourth-order valence-electron chi connectivity index (χ4n) is 2.32. The van der Waals surface area contributed by atoms with Crippen LogP contribution in [0.2, 0.25) is 5.02 Å². The van der Waals surface area contributed by atoms with E-state index in [1.54, 1.807) is 0 Å². The summed E-state index contributed by atoms with van der Waals surface area (Å²) in [6.45, 7) is -0.124. The zero-order valence-corrected chi connectivity index (χ0v) is 14.7. The normalized spacial score (nSPS) is 19.7. The summed E-state index contributed by atoms with van der Waals surface area (Å²) in [5.74, 6) is -1.67. The van der Waals surface area contributed by atoms with E-state index in [1.807, 2.05) is 0 Å². The number of halogens is 1. The molecule has 23 heavy (non-hydrogen) atoms. The van der Waals surface area contributed by atoms with Gasteiger partial charge in [-0.05, 0) is 30.7 Å². The summed E-state index contributed by atoms with van der Waals surface area (Å²) in [6, 6.07) is 5.72. The third-order valence-electron chi connectivity index (χ3n) is 3.61. The molecule has 1 saturated heterocycles. The molecule has 0 spiro atoms. The van der Waals surface area contributed by atoms with Crippen LogP contribution in [0.3, 0.4) is 0 Å². The van der Waals surface area contributed by atoms with Gasteiger partial charge in [-0.3, -0.25) is 4.79 Å². The number of sulfone groups is 1. The van der Waals surface area contributed by atoms with E-state index < -0.39 is 36.8 Å². The van der Waals surface area contributed by atoms with Crippen LogP contribution in [-0.4, -0.2) is 58.3 Å². The minimum atomic E-state index is -3.88. The molecule has 7 nitrogen and oxygen atoms in total. The predicted molar refractivity (Wildman–Crippen MR) is 84.4 cm³/mol. The zero-order chi connectivity index (χ0) is 17.3. The minimum Gasteiger partial charge on any atom is -0.468 e. The van der Waals surface area contributed by atoms with Gasteiger partial charge >= 0.3 is 5.97 Å². The Morgan fingerprint density at radius 2 is 1.87 bits per heavy atom. The minimum absolute atomic E-state index is 0.0524. The molecule has 1 aliphatic rings. The summed E-state index contributed by atoms with van der Waals surface area (Å²) in [5.41, 5.74) is 0. The van der Waals surface area contributed by atoms with Crippen LogP contribution in [0.15, 0.2) is 29.2 Å². The van der Waals surface area contributed by atoms with E-state index in [1.165, 1.54) is 24.3 Å². The molecular formula is C13H16ClNO6S2. The lowest BCUT2D eigenvalue weighted by Crippen LogP contribution is -2.36. The van der Waals surface area contributed by atoms with Crippen molar-refractivity contribution in [3.05, 3.63) is 29.3 Å². The summed E-state index contributed by atoms with van der Waals surface area (Å²) in [5, 5.41) is -0.436. The number of hydrogen-bond donors (Lipinski definition) is 0. The number of methoxy groups -OCH3 is 1. The first kappa shape index (κ1) is 18.2. The Bertz CT molecular complexity index is 788. The number of nitrogens with zero attached hydrogens (tertiary/aromatic N) is 1. The van der Waals surface area contributed by atoms with E-state index in [2.05, 4.69) is 4.74 Å². The van der Waals surface area contributed by atoms with Gasteiger partial charge in [0, 0.05) is 18.1 Å². The van der Waals surface area contributed by atoms with Crippen molar-refractivity contribution in [1.29, 1.82) is 0 Å². The summed E-state index contributed by atoms with van der Waals surface area (Å²) >= 11 is 5.74. The van der Waals surface area contributed by atoms with Gasteiger partial charge in [-0.2, -0.15) is 0 Å². The van der Waals surface area contributed by atoms with E-state index in [9.17, 15) is 21.6 Å². The molecule has 128 valence electrons. The largest absolute Gasteiger partial charge is 0.468 e. The average molecular weight is 382 g/mol. The van der Waals surface area contributed by atoms with Gasteiger partial charge < -0.3 is 4.74 Å². The van der Waals surface area contributed by atoms with E-state index in [0.717, 1.165) is 11.4 Å². The lowest BCUT2D eigenvalue weighted by Gasteiger charge is -2.16. The SMILES string of the molecule is COC(=O)CS(=O)(=O)N1CCC(S(=O)(=O)c2ccc(Cl)cc2)C1. The van der Waals surface area contributed by atoms with Crippen molar-refractivity contribution in [3.63, 3.8) is 0 Å². The Labute approximate surface area is 140 Å². The highest BCUT2D eigenvalue weighted by molar-refractivity contribution is 7.92. The van der Waals surface area contributed by atoms with E-state index in [4.69, 9.17) is 11.6 Å². The molecule has 1 heterocycles. The molecule has 0 N–H and O–H groups in total. The van der Waals surface area contributed by atoms with Gasteiger partial charge in [0.1, 0.15) is 0 Å². The zero-order valence-electron chi connectivity index (χ0n) is 12.3. The molecule has 2 rings (SSSR count). The number of carbonyl (C=O) groups is 1. The number of benzene rings is 1. The maximum Gasteiger partial charge on any atom is 0.322 e. The molecule has 10 heteroatoms. The standard InChI is InChI=1S/C13H16ClNO6S2/c1-21-13(16)9-22(17,18)15-7-6-12(8-15)23(19,20)11-4-2-10(14)3-5-11/h2-5,12H,6-9H2,1H3. The molecule has 1 aromatic carbocycles. The van der Waals surface area contributed by atoms with E-state index >= 15 is 0 Å². The van der Waals surface area contributed by atoms with Crippen molar-refractivity contribution in [2.45, 2.75) is 16.6 Å². The maximum atomic E-state index is 12.5. The molecule has 0 aromatic heterocycles. The van der Waals surface area contributed by atoms with Gasteiger partial charge in [-0.25, -0.2) is 21.1 Å². The van der Waals surface area contributed by atoms with Crippen LogP contribution in [-0.2, 0) is 29.4 Å². The van der Waals surface area contributed by atoms with Crippen LogP contribution in [0.5, 0.6) is 0 Å². The van der Waals surface area contributed by atoms with Crippen LogP contribution in [0, 0.1) is 0 Å². The molecule has 0 saturated carbocycles. The molecule has 1 atom stereocenters. The third kappa shape index (κ3) is 4.03. The first-order valence-corrected chi connectivity index (χ1v) is 10.2. The Morgan fingerprint density at radius 3 is 2.43 bits per heavy atom. The monoisotopic (exact) mass is 381 g/mol. The number of esters is 1. The molecule has 1 aromatic rings. The average Bonchev–Trinajstić information content (AvgIpc) is 2.98. The van der Waals surface area contributed by atoms with Crippen molar-refractivity contribution in [1.82, 2.24) is 4.31 Å². The second kappa shape index (κ2) is 6.76. The highest BCUT2D eigenvalue weighted by atomic mass is 35.5. The molecule has 0 amide bonds. The van der Waals surface area contributed by atoms with Gasteiger partial charge in [0.25, 0.3) is 0 Å².